The second-order valence-electron chi connectivity index (χ2n) is 7.11. The van der Waals surface area contributed by atoms with Crippen molar-refractivity contribution in [2.75, 3.05) is 43.5 Å². The Hall–Kier alpha value is -3.68. The van der Waals surface area contributed by atoms with Crippen molar-refractivity contribution in [3.05, 3.63) is 66.1 Å². The second-order valence-corrected chi connectivity index (χ2v) is 7.11. The normalized spacial score (nSPS) is 13.8. The van der Waals surface area contributed by atoms with Gasteiger partial charge >= 0.3 is 0 Å². The third kappa shape index (κ3) is 4.48. The lowest BCUT2D eigenvalue weighted by molar-refractivity contribution is 0.0746. The quantitative estimate of drug-likeness (QED) is 0.700. The van der Waals surface area contributed by atoms with Gasteiger partial charge in [0.2, 0.25) is 0 Å². The summed E-state index contributed by atoms with van der Waals surface area (Å²) in [5.74, 6) is 3.04. The predicted molar refractivity (Wildman–Crippen MR) is 115 cm³/mol. The SMILES string of the molecule is COc1ccc(C(=O)N2CCN(c3cc(Nc4cc(C)ccn4)ncn3)CC2)cc1. The van der Waals surface area contributed by atoms with Crippen LogP contribution >= 0.6 is 0 Å². The molecular formula is C22H24N6O2. The molecule has 8 heteroatoms. The number of aromatic nitrogens is 3. The Morgan fingerprint density at radius 2 is 1.70 bits per heavy atom. The second kappa shape index (κ2) is 8.77. The highest BCUT2D eigenvalue weighted by Crippen LogP contribution is 2.20. The molecule has 3 aromatic rings. The van der Waals surface area contributed by atoms with Gasteiger partial charge in [0.05, 0.1) is 7.11 Å². The Bertz CT molecular complexity index is 1020. The van der Waals surface area contributed by atoms with E-state index in [1.165, 1.54) is 0 Å². The Balaban J connectivity index is 1.38. The van der Waals surface area contributed by atoms with Crippen LogP contribution in [0.2, 0.25) is 0 Å². The van der Waals surface area contributed by atoms with Crippen molar-refractivity contribution >= 4 is 23.4 Å². The number of hydrogen-bond donors (Lipinski definition) is 1. The van der Waals surface area contributed by atoms with E-state index in [-0.39, 0.29) is 5.91 Å². The molecule has 30 heavy (non-hydrogen) atoms. The molecule has 4 rings (SSSR count). The number of methoxy groups -OCH3 is 1. The van der Waals surface area contributed by atoms with Gasteiger partial charge in [-0.1, -0.05) is 0 Å². The molecule has 1 aliphatic rings. The van der Waals surface area contributed by atoms with Crippen LogP contribution in [-0.4, -0.2) is 59.0 Å². The van der Waals surface area contributed by atoms with Gasteiger partial charge in [0.25, 0.3) is 5.91 Å². The summed E-state index contributed by atoms with van der Waals surface area (Å²) in [7, 11) is 1.61. The fourth-order valence-electron chi connectivity index (χ4n) is 3.38. The fourth-order valence-corrected chi connectivity index (χ4v) is 3.38. The van der Waals surface area contributed by atoms with Gasteiger partial charge in [-0.15, -0.1) is 0 Å². The largest absolute Gasteiger partial charge is 0.497 e. The minimum Gasteiger partial charge on any atom is -0.497 e. The van der Waals surface area contributed by atoms with E-state index in [2.05, 4.69) is 25.2 Å². The molecule has 0 aliphatic carbocycles. The molecular weight excluding hydrogens is 380 g/mol. The van der Waals surface area contributed by atoms with Crippen LogP contribution in [0.1, 0.15) is 15.9 Å². The number of rotatable bonds is 5. The molecule has 0 bridgehead atoms. The lowest BCUT2D eigenvalue weighted by atomic mass is 10.1. The first-order chi connectivity index (χ1) is 14.6. The van der Waals surface area contributed by atoms with E-state index >= 15 is 0 Å². The molecule has 1 amide bonds. The van der Waals surface area contributed by atoms with Crippen LogP contribution in [0.3, 0.4) is 0 Å². The van der Waals surface area contributed by atoms with Crippen LogP contribution in [0.25, 0.3) is 0 Å². The molecule has 0 saturated carbocycles. The fraction of sp³-hybridized carbons (Fsp3) is 0.273. The molecule has 1 fully saturated rings. The molecule has 2 aromatic heterocycles. The van der Waals surface area contributed by atoms with Gasteiger partial charge in [-0.25, -0.2) is 15.0 Å². The lowest BCUT2D eigenvalue weighted by Crippen LogP contribution is -2.49. The highest BCUT2D eigenvalue weighted by Gasteiger charge is 2.23. The first-order valence-corrected chi connectivity index (χ1v) is 9.82. The minimum absolute atomic E-state index is 0.0351. The maximum absolute atomic E-state index is 12.8. The average molecular weight is 404 g/mol. The molecule has 1 N–H and O–H groups in total. The summed E-state index contributed by atoms with van der Waals surface area (Å²) in [5, 5.41) is 3.22. The number of piperazine rings is 1. The molecule has 1 aromatic carbocycles. The molecule has 154 valence electrons. The van der Waals surface area contributed by atoms with Crippen molar-refractivity contribution < 1.29 is 9.53 Å². The summed E-state index contributed by atoms with van der Waals surface area (Å²) in [6.45, 7) is 4.71. The highest BCUT2D eigenvalue weighted by atomic mass is 16.5. The summed E-state index contributed by atoms with van der Waals surface area (Å²) >= 11 is 0. The first kappa shape index (κ1) is 19.6. The number of hydrogen-bond acceptors (Lipinski definition) is 7. The monoisotopic (exact) mass is 404 g/mol. The Morgan fingerprint density at radius 1 is 0.967 bits per heavy atom. The van der Waals surface area contributed by atoms with Crippen molar-refractivity contribution in [2.45, 2.75) is 6.92 Å². The lowest BCUT2D eigenvalue weighted by Gasteiger charge is -2.35. The average Bonchev–Trinajstić information content (AvgIpc) is 2.79. The van der Waals surface area contributed by atoms with Crippen LogP contribution in [0.5, 0.6) is 5.75 Å². The summed E-state index contributed by atoms with van der Waals surface area (Å²) in [4.78, 5) is 29.8. The topological polar surface area (TPSA) is 83.5 Å². The smallest absolute Gasteiger partial charge is 0.253 e. The number of aryl methyl sites for hydroxylation is 1. The van der Waals surface area contributed by atoms with E-state index in [0.717, 1.165) is 22.9 Å². The van der Waals surface area contributed by atoms with Gasteiger partial charge in [-0.3, -0.25) is 4.79 Å². The molecule has 0 spiro atoms. The maximum atomic E-state index is 12.8. The summed E-state index contributed by atoms with van der Waals surface area (Å²) in [6.07, 6.45) is 3.31. The molecule has 1 saturated heterocycles. The number of benzene rings is 1. The number of ether oxygens (including phenoxy) is 1. The third-order valence-electron chi connectivity index (χ3n) is 5.05. The standard InChI is InChI=1S/C22H24N6O2/c1-16-7-8-23-19(13-16)26-20-14-21(25-15-24-20)27-9-11-28(12-10-27)22(29)17-3-5-18(30-2)6-4-17/h3-8,13-15H,9-12H2,1-2H3,(H,23,24,25,26). The minimum atomic E-state index is 0.0351. The number of pyridine rings is 1. The molecule has 8 nitrogen and oxygen atoms in total. The third-order valence-corrected chi connectivity index (χ3v) is 5.05. The van der Waals surface area contributed by atoms with E-state index in [1.54, 1.807) is 31.8 Å². The van der Waals surface area contributed by atoms with Crippen molar-refractivity contribution in [3.8, 4) is 5.75 Å². The Labute approximate surface area is 175 Å². The maximum Gasteiger partial charge on any atom is 0.253 e. The van der Waals surface area contributed by atoms with Gasteiger partial charge in [0.1, 0.15) is 29.5 Å². The van der Waals surface area contributed by atoms with E-state index in [1.807, 2.05) is 42.2 Å². The number of nitrogens with one attached hydrogen (secondary N) is 1. The number of anilines is 3. The van der Waals surface area contributed by atoms with Gasteiger partial charge in [-0.2, -0.15) is 0 Å². The van der Waals surface area contributed by atoms with Crippen LogP contribution < -0.4 is 15.0 Å². The first-order valence-electron chi connectivity index (χ1n) is 9.82. The molecule has 0 radical (unpaired) electrons. The highest BCUT2D eigenvalue weighted by molar-refractivity contribution is 5.94. The van der Waals surface area contributed by atoms with Crippen molar-refractivity contribution in [1.29, 1.82) is 0 Å². The number of nitrogens with zero attached hydrogens (tertiary/aromatic N) is 5. The summed E-state index contributed by atoms with van der Waals surface area (Å²) in [5.41, 5.74) is 1.79. The number of carbonyl (C=O) groups excluding carboxylic acids is 1. The zero-order valence-corrected chi connectivity index (χ0v) is 17.1. The summed E-state index contributed by atoms with van der Waals surface area (Å²) in [6, 6.07) is 13.0. The van der Waals surface area contributed by atoms with Crippen molar-refractivity contribution in [2.24, 2.45) is 0 Å². The van der Waals surface area contributed by atoms with E-state index in [0.29, 0.717) is 37.6 Å². The molecule has 0 unspecified atom stereocenters. The van der Waals surface area contributed by atoms with Crippen molar-refractivity contribution in [3.63, 3.8) is 0 Å². The van der Waals surface area contributed by atoms with Crippen LogP contribution in [0.4, 0.5) is 17.5 Å². The van der Waals surface area contributed by atoms with Gasteiger partial charge < -0.3 is 19.9 Å². The number of amides is 1. The van der Waals surface area contributed by atoms with E-state index in [4.69, 9.17) is 4.74 Å². The molecule has 1 aliphatic heterocycles. The molecule has 0 atom stereocenters. The van der Waals surface area contributed by atoms with Gasteiger partial charge in [0, 0.05) is 44.0 Å². The van der Waals surface area contributed by atoms with Gasteiger partial charge in [-0.05, 0) is 48.9 Å². The zero-order valence-electron chi connectivity index (χ0n) is 17.1. The molecule has 3 heterocycles. The Morgan fingerprint density at radius 3 is 2.40 bits per heavy atom. The van der Waals surface area contributed by atoms with E-state index in [9.17, 15) is 4.79 Å². The Kier molecular flexibility index (Phi) is 5.74. The van der Waals surface area contributed by atoms with Crippen LogP contribution in [0.15, 0.2) is 55.0 Å². The van der Waals surface area contributed by atoms with Crippen LogP contribution in [0, 0.1) is 6.92 Å². The van der Waals surface area contributed by atoms with Crippen molar-refractivity contribution in [1.82, 2.24) is 19.9 Å². The summed E-state index contributed by atoms with van der Waals surface area (Å²) < 4.78 is 5.16. The van der Waals surface area contributed by atoms with Crippen LogP contribution in [-0.2, 0) is 0 Å². The van der Waals surface area contributed by atoms with Gasteiger partial charge in [0.15, 0.2) is 0 Å². The predicted octanol–water partition coefficient (Wildman–Crippen LogP) is 2.89. The zero-order chi connectivity index (χ0) is 20.9. The number of carbonyl (C=O) groups is 1. The van der Waals surface area contributed by atoms with E-state index < -0.39 is 0 Å².